The molecule has 128 valence electrons. The van der Waals surface area contributed by atoms with Gasteiger partial charge in [0.25, 0.3) is 0 Å². The second-order valence-corrected chi connectivity index (χ2v) is 7.25. The van der Waals surface area contributed by atoms with Gasteiger partial charge in [0, 0.05) is 5.56 Å². The number of halogens is 2. The molecule has 0 saturated heterocycles. The van der Waals surface area contributed by atoms with E-state index in [1.807, 2.05) is 0 Å². The van der Waals surface area contributed by atoms with Gasteiger partial charge >= 0.3 is 0 Å². The Morgan fingerprint density at radius 3 is 2.61 bits per heavy atom. The van der Waals surface area contributed by atoms with E-state index in [0.717, 1.165) is 30.8 Å². The molecule has 0 saturated carbocycles. The van der Waals surface area contributed by atoms with Crippen LogP contribution in [-0.4, -0.2) is 0 Å². The monoisotopic (exact) mass is 320 g/mol. The van der Waals surface area contributed by atoms with E-state index in [4.69, 9.17) is 0 Å². The Hall–Kier alpha value is -1.18. The van der Waals surface area contributed by atoms with Crippen molar-refractivity contribution in [1.82, 2.24) is 0 Å². The molecule has 2 heteroatoms. The second-order valence-electron chi connectivity index (χ2n) is 7.25. The molecule has 0 aromatic heterocycles. The fourth-order valence-corrected chi connectivity index (χ4v) is 3.68. The van der Waals surface area contributed by atoms with Crippen molar-refractivity contribution in [3.63, 3.8) is 0 Å². The number of rotatable bonds is 7. The summed E-state index contributed by atoms with van der Waals surface area (Å²) in [5, 5.41) is 0. The fourth-order valence-electron chi connectivity index (χ4n) is 3.68. The van der Waals surface area contributed by atoms with Crippen LogP contribution in [0.5, 0.6) is 0 Å². The van der Waals surface area contributed by atoms with Crippen LogP contribution in [0, 0.1) is 30.4 Å². The Kier molecular flexibility index (Phi) is 6.80. The molecule has 1 aromatic rings. The highest BCUT2D eigenvalue weighted by Crippen LogP contribution is 2.35. The maximum absolute atomic E-state index is 14.1. The van der Waals surface area contributed by atoms with Gasteiger partial charge in [0.15, 0.2) is 11.6 Å². The Balaban J connectivity index is 1.88. The van der Waals surface area contributed by atoms with Gasteiger partial charge < -0.3 is 0 Å². The normalized spacial score (nSPS) is 19.5. The van der Waals surface area contributed by atoms with E-state index in [2.05, 4.69) is 19.9 Å². The van der Waals surface area contributed by atoms with E-state index in [9.17, 15) is 8.78 Å². The molecule has 1 aromatic carbocycles. The molecule has 2 atom stereocenters. The highest BCUT2D eigenvalue weighted by atomic mass is 19.2. The van der Waals surface area contributed by atoms with Gasteiger partial charge in [-0.1, -0.05) is 64.2 Å². The number of hydrogen-bond acceptors (Lipinski definition) is 0. The molecule has 1 aliphatic carbocycles. The van der Waals surface area contributed by atoms with Crippen molar-refractivity contribution in [2.45, 2.75) is 72.1 Å². The minimum atomic E-state index is -0.699. The first-order valence-corrected chi connectivity index (χ1v) is 9.16. The summed E-state index contributed by atoms with van der Waals surface area (Å²) in [6.07, 6.45) is 11.6. The standard InChI is InChI=1S/C21H30F2/c1-4-6-15(2)7-5-8-17-10-12-18(13-11-17)19-14-9-16(3)20(22)21(19)23/h9,12,14-15,17H,4-8,10-11,13H2,1-3H3. The van der Waals surface area contributed by atoms with Crippen LogP contribution in [0.25, 0.3) is 5.57 Å². The molecule has 0 amide bonds. The Morgan fingerprint density at radius 1 is 1.17 bits per heavy atom. The lowest BCUT2D eigenvalue weighted by Gasteiger charge is -2.23. The summed E-state index contributed by atoms with van der Waals surface area (Å²) in [6, 6.07) is 3.40. The van der Waals surface area contributed by atoms with Gasteiger partial charge in [-0.15, -0.1) is 0 Å². The third kappa shape index (κ3) is 4.89. The Morgan fingerprint density at radius 2 is 1.96 bits per heavy atom. The molecule has 1 aliphatic rings. The van der Waals surface area contributed by atoms with Crippen molar-refractivity contribution in [3.8, 4) is 0 Å². The van der Waals surface area contributed by atoms with Crippen LogP contribution >= 0.6 is 0 Å². The van der Waals surface area contributed by atoms with Crippen molar-refractivity contribution in [3.05, 3.63) is 41.0 Å². The van der Waals surface area contributed by atoms with Crippen molar-refractivity contribution in [2.24, 2.45) is 11.8 Å². The lowest BCUT2D eigenvalue weighted by atomic mass is 9.83. The van der Waals surface area contributed by atoms with Crippen LogP contribution in [-0.2, 0) is 0 Å². The predicted octanol–water partition coefficient (Wildman–Crippen LogP) is 7.06. The zero-order valence-corrected chi connectivity index (χ0v) is 14.8. The molecule has 23 heavy (non-hydrogen) atoms. The summed E-state index contributed by atoms with van der Waals surface area (Å²) in [6.45, 7) is 6.20. The van der Waals surface area contributed by atoms with Gasteiger partial charge in [0.2, 0.25) is 0 Å². The van der Waals surface area contributed by atoms with E-state index in [-0.39, 0.29) is 0 Å². The third-order valence-corrected chi connectivity index (χ3v) is 5.23. The molecule has 0 N–H and O–H groups in total. The fraction of sp³-hybridized carbons (Fsp3) is 0.619. The first-order chi connectivity index (χ1) is 11.0. The van der Waals surface area contributed by atoms with Gasteiger partial charge in [0.05, 0.1) is 0 Å². The average molecular weight is 320 g/mol. The molecule has 0 nitrogen and oxygen atoms in total. The Labute approximate surface area is 140 Å². The summed E-state index contributed by atoms with van der Waals surface area (Å²) >= 11 is 0. The zero-order valence-electron chi connectivity index (χ0n) is 14.8. The second kappa shape index (κ2) is 8.61. The summed E-state index contributed by atoms with van der Waals surface area (Å²) < 4.78 is 27.8. The van der Waals surface area contributed by atoms with Gasteiger partial charge in [0.1, 0.15) is 0 Å². The quantitative estimate of drug-likeness (QED) is 0.504. The number of aryl methyl sites for hydroxylation is 1. The first-order valence-electron chi connectivity index (χ1n) is 9.16. The van der Waals surface area contributed by atoms with E-state index in [1.165, 1.54) is 32.1 Å². The molecule has 0 spiro atoms. The number of allylic oxidation sites excluding steroid dienone is 2. The van der Waals surface area contributed by atoms with Gasteiger partial charge in [-0.3, -0.25) is 0 Å². The Bertz CT molecular complexity index is 545. The number of hydrogen-bond donors (Lipinski definition) is 0. The number of benzene rings is 1. The maximum Gasteiger partial charge on any atom is 0.166 e. The highest BCUT2D eigenvalue weighted by molar-refractivity contribution is 5.67. The van der Waals surface area contributed by atoms with Crippen LogP contribution in [0.4, 0.5) is 8.78 Å². The van der Waals surface area contributed by atoms with E-state index in [0.29, 0.717) is 17.0 Å². The van der Waals surface area contributed by atoms with Crippen LogP contribution in [0.1, 0.15) is 76.3 Å². The van der Waals surface area contributed by atoms with Crippen LogP contribution in [0.3, 0.4) is 0 Å². The minimum absolute atomic E-state index is 0.377. The minimum Gasteiger partial charge on any atom is -0.203 e. The van der Waals surface area contributed by atoms with E-state index < -0.39 is 11.6 Å². The highest BCUT2D eigenvalue weighted by Gasteiger charge is 2.19. The summed E-state index contributed by atoms with van der Waals surface area (Å²) in [7, 11) is 0. The summed E-state index contributed by atoms with van der Waals surface area (Å²) in [4.78, 5) is 0. The lowest BCUT2D eigenvalue weighted by Crippen LogP contribution is -2.08. The topological polar surface area (TPSA) is 0 Å². The smallest absolute Gasteiger partial charge is 0.166 e. The molecule has 2 unspecified atom stereocenters. The third-order valence-electron chi connectivity index (χ3n) is 5.23. The van der Waals surface area contributed by atoms with E-state index >= 15 is 0 Å². The predicted molar refractivity (Wildman–Crippen MR) is 94.3 cm³/mol. The van der Waals surface area contributed by atoms with Crippen molar-refractivity contribution in [2.75, 3.05) is 0 Å². The van der Waals surface area contributed by atoms with Gasteiger partial charge in [-0.05, 0) is 49.2 Å². The van der Waals surface area contributed by atoms with Gasteiger partial charge in [-0.2, -0.15) is 0 Å². The molecule has 0 heterocycles. The summed E-state index contributed by atoms with van der Waals surface area (Å²) in [5.74, 6) is 0.170. The molecule has 0 radical (unpaired) electrons. The molecule has 0 aliphatic heterocycles. The van der Waals surface area contributed by atoms with Crippen LogP contribution in [0.15, 0.2) is 18.2 Å². The van der Waals surface area contributed by atoms with Crippen molar-refractivity contribution in [1.29, 1.82) is 0 Å². The molecule has 0 bridgehead atoms. The summed E-state index contributed by atoms with van der Waals surface area (Å²) in [5.41, 5.74) is 1.82. The first kappa shape index (κ1) is 18.2. The van der Waals surface area contributed by atoms with Crippen molar-refractivity contribution < 1.29 is 8.78 Å². The molecular weight excluding hydrogens is 290 g/mol. The maximum atomic E-state index is 14.1. The van der Waals surface area contributed by atoms with Crippen molar-refractivity contribution >= 4 is 5.57 Å². The average Bonchev–Trinajstić information content (AvgIpc) is 2.54. The zero-order chi connectivity index (χ0) is 16.8. The molecule has 0 fully saturated rings. The van der Waals surface area contributed by atoms with Gasteiger partial charge in [-0.25, -0.2) is 8.78 Å². The van der Waals surface area contributed by atoms with Crippen LogP contribution < -0.4 is 0 Å². The van der Waals surface area contributed by atoms with Crippen LogP contribution in [0.2, 0.25) is 0 Å². The van der Waals surface area contributed by atoms with E-state index in [1.54, 1.807) is 19.1 Å². The SMILES string of the molecule is CCCC(C)CCCC1CC=C(c2ccc(C)c(F)c2F)CC1. The lowest BCUT2D eigenvalue weighted by molar-refractivity contribution is 0.389. The molecule has 2 rings (SSSR count). The molecular formula is C21H30F2. The largest absolute Gasteiger partial charge is 0.203 e.